The maximum Gasteiger partial charge on any atom is 0.261 e. The summed E-state index contributed by atoms with van der Waals surface area (Å²) in [6.45, 7) is 0. The molecule has 19 heavy (non-hydrogen) atoms. The number of hydrazine groups is 1. The highest BCUT2D eigenvalue weighted by molar-refractivity contribution is 7.92. The van der Waals surface area contributed by atoms with Crippen LogP contribution in [-0.4, -0.2) is 13.4 Å². The summed E-state index contributed by atoms with van der Waals surface area (Å²) in [5, 5.41) is 0. The summed E-state index contributed by atoms with van der Waals surface area (Å²) < 4.78 is 39.2. The highest BCUT2D eigenvalue weighted by Gasteiger charge is 2.14. The van der Waals surface area contributed by atoms with Crippen LogP contribution < -0.4 is 16.0 Å². The molecule has 0 aliphatic rings. The van der Waals surface area contributed by atoms with Crippen LogP contribution in [0.3, 0.4) is 0 Å². The van der Waals surface area contributed by atoms with Crippen molar-refractivity contribution in [3.8, 4) is 0 Å². The minimum absolute atomic E-state index is 0.0377. The van der Waals surface area contributed by atoms with Crippen LogP contribution >= 0.6 is 0 Å². The lowest BCUT2D eigenvalue weighted by Gasteiger charge is -2.08. The van der Waals surface area contributed by atoms with Crippen LogP contribution in [0, 0.1) is 5.82 Å². The van der Waals surface area contributed by atoms with Crippen molar-refractivity contribution in [2.45, 2.75) is 4.90 Å². The molecule has 8 heteroatoms. The van der Waals surface area contributed by atoms with Gasteiger partial charge in [-0.05, 0) is 24.3 Å². The van der Waals surface area contributed by atoms with E-state index in [-0.39, 0.29) is 10.6 Å². The summed E-state index contributed by atoms with van der Waals surface area (Å²) >= 11 is 0. The number of nitrogens with two attached hydrogens (primary N) is 1. The molecule has 6 nitrogen and oxygen atoms in total. The molecular weight excluding hydrogens is 271 g/mol. The number of benzene rings is 1. The van der Waals surface area contributed by atoms with E-state index in [1.807, 2.05) is 0 Å². The molecule has 0 atom stereocenters. The molecule has 0 amide bonds. The van der Waals surface area contributed by atoms with Crippen molar-refractivity contribution >= 4 is 21.4 Å². The SMILES string of the molecule is NNc1ccc(S(=O)(=O)Nc2cncc(F)c2)cc1. The van der Waals surface area contributed by atoms with Gasteiger partial charge in [-0.2, -0.15) is 0 Å². The van der Waals surface area contributed by atoms with Gasteiger partial charge in [-0.25, -0.2) is 12.8 Å². The van der Waals surface area contributed by atoms with Crippen LogP contribution in [-0.2, 0) is 10.0 Å². The maximum atomic E-state index is 12.9. The molecule has 1 heterocycles. The molecule has 0 aliphatic carbocycles. The lowest BCUT2D eigenvalue weighted by atomic mass is 10.3. The molecule has 0 saturated heterocycles. The van der Waals surface area contributed by atoms with Crippen LogP contribution in [0.2, 0.25) is 0 Å². The molecule has 2 aromatic rings. The lowest BCUT2D eigenvalue weighted by Crippen LogP contribution is -2.13. The van der Waals surface area contributed by atoms with Gasteiger partial charge in [0.15, 0.2) is 0 Å². The summed E-state index contributed by atoms with van der Waals surface area (Å²) in [6.07, 6.45) is 2.20. The van der Waals surface area contributed by atoms with E-state index in [1.54, 1.807) is 0 Å². The van der Waals surface area contributed by atoms with E-state index in [9.17, 15) is 12.8 Å². The van der Waals surface area contributed by atoms with Crippen LogP contribution in [0.4, 0.5) is 15.8 Å². The second-order valence-corrected chi connectivity index (χ2v) is 5.35. The van der Waals surface area contributed by atoms with Crippen molar-refractivity contribution in [2.24, 2.45) is 5.84 Å². The van der Waals surface area contributed by atoms with Crippen LogP contribution in [0.25, 0.3) is 0 Å². The molecule has 0 saturated carbocycles. The molecule has 0 aliphatic heterocycles. The zero-order valence-corrected chi connectivity index (χ0v) is 10.5. The Morgan fingerprint density at radius 3 is 2.37 bits per heavy atom. The third kappa shape index (κ3) is 3.18. The summed E-state index contributed by atoms with van der Waals surface area (Å²) in [6, 6.07) is 6.83. The molecule has 0 radical (unpaired) electrons. The van der Waals surface area contributed by atoms with Gasteiger partial charge in [0.2, 0.25) is 0 Å². The Morgan fingerprint density at radius 1 is 1.11 bits per heavy atom. The minimum atomic E-state index is -3.78. The molecule has 0 fully saturated rings. The van der Waals surface area contributed by atoms with Gasteiger partial charge in [-0.15, -0.1) is 0 Å². The van der Waals surface area contributed by atoms with E-state index in [2.05, 4.69) is 15.1 Å². The van der Waals surface area contributed by atoms with E-state index in [1.165, 1.54) is 30.5 Å². The fraction of sp³-hybridized carbons (Fsp3) is 0. The predicted molar refractivity (Wildman–Crippen MR) is 69.3 cm³/mol. The van der Waals surface area contributed by atoms with Gasteiger partial charge in [0.1, 0.15) is 5.82 Å². The summed E-state index contributed by atoms with van der Waals surface area (Å²) in [4.78, 5) is 3.60. The average Bonchev–Trinajstić information content (AvgIpc) is 2.38. The second kappa shape index (κ2) is 5.21. The number of hydrogen-bond donors (Lipinski definition) is 3. The van der Waals surface area contributed by atoms with Gasteiger partial charge in [-0.1, -0.05) is 0 Å². The number of rotatable bonds is 4. The molecule has 1 aromatic carbocycles. The molecule has 0 spiro atoms. The minimum Gasteiger partial charge on any atom is -0.324 e. The van der Waals surface area contributed by atoms with Crippen molar-refractivity contribution < 1.29 is 12.8 Å². The van der Waals surface area contributed by atoms with Crippen LogP contribution in [0.1, 0.15) is 0 Å². The number of pyridine rings is 1. The Bertz CT molecular complexity index is 673. The topological polar surface area (TPSA) is 97.1 Å². The number of nitrogens with one attached hydrogen (secondary N) is 2. The van der Waals surface area contributed by atoms with Crippen molar-refractivity contribution in [3.63, 3.8) is 0 Å². The van der Waals surface area contributed by atoms with E-state index in [0.29, 0.717) is 5.69 Å². The number of aromatic nitrogens is 1. The third-order valence-corrected chi connectivity index (χ3v) is 3.69. The zero-order chi connectivity index (χ0) is 13.9. The van der Waals surface area contributed by atoms with E-state index >= 15 is 0 Å². The van der Waals surface area contributed by atoms with Gasteiger partial charge in [0, 0.05) is 11.8 Å². The van der Waals surface area contributed by atoms with Crippen LogP contribution in [0.15, 0.2) is 47.6 Å². The highest BCUT2D eigenvalue weighted by atomic mass is 32.2. The first-order chi connectivity index (χ1) is 9.01. The second-order valence-electron chi connectivity index (χ2n) is 3.67. The fourth-order valence-electron chi connectivity index (χ4n) is 1.41. The molecule has 0 bridgehead atoms. The first-order valence-electron chi connectivity index (χ1n) is 5.21. The molecule has 0 unspecified atom stereocenters. The van der Waals surface area contributed by atoms with Crippen molar-refractivity contribution in [2.75, 3.05) is 10.1 Å². The largest absolute Gasteiger partial charge is 0.324 e. The first kappa shape index (κ1) is 13.2. The molecule has 2 rings (SSSR count). The smallest absolute Gasteiger partial charge is 0.261 e. The summed E-state index contributed by atoms with van der Waals surface area (Å²) in [5.74, 6) is 4.56. The van der Waals surface area contributed by atoms with Gasteiger partial charge in [0.25, 0.3) is 10.0 Å². The normalized spacial score (nSPS) is 11.1. The summed E-state index contributed by atoms with van der Waals surface area (Å²) in [5.41, 5.74) is 3.02. The molecule has 4 N–H and O–H groups in total. The average molecular weight is 282 g/mol. The quantitative estimate of drug-likeness (QED) is 0.580. The number of nitrogens with zero attached hydrogens (tertiary/aromatic N) is 1. The Kier molecular flexibility index (Phi) is 3.63. The van der Waals surface area contributed by atoms with Crippen LogP contribution in [0.5, 0.6) is 0 Å². The van der Waals surface area contributed by atoms with Crippen molar-refractivity contribution in [1.82, 2.24) is 4.98 Å². The number of anilines is 2. The summed E-state index contributed by atoms with van der Waals surface area (Å²) in [7, 11) is -3.78. The Morgan fingerprint density at radius 2 is 1.79 bits per heavy atom. The monoisotopic (exact) mass is 282 g/mol. The number of nitrogen functional groups attached to an aromatic ring is 1. The predicted octanol–water partition coefficient (Wildman–Crippen LogP) is 1.31. The highest BCUT2D eigenvalue weighted by Crippen LogP contribution is 2.17. The van der Waals surface area contributed by atoms with Gasteiger partial charge < -0.3 is 5.43 Å². The van der Waals surface area contributed by atoms with Gasteiger partial charge >= 0.3 is 0 Å². The zero-order valence-electron chi connectivity index (χ0n) is 9.67. The Labute approximate surface area is 109 Å². The fourth-order valence-corrected chi connectivity index (χ4v) is 2.45. The maximum absolute atomic E-state index is 12.9. The van der Waals surface area contributed by atoms with E-state index in [4.69, 9.17) is 5.84 Å². The Balaban J connectivity index is 2.27. The van der Waals surface area contributed by atoms with Crippen molar-refractivity contribution in [3.05, 3.63) is 48.5 Å². The van der Waals surface area contributed by atoms with E-state index in [0.717, 1.165) is 12.3 Å². The molecule has 100 valence electrons. The Hall–Kier alpha value is -2.19. The molecule has 1 aromatic heterocycles. The number of hydrogen-bond acceptors (Lipinski definition) is 5. The van der Waals surface area contributed by atoms with E-state index < -0.39 is 15.8 Å². The van der Waals surface area contributed by atoms with Gasteiger partial charge in [-0.3, -0.25) is 15.5 Å². The number of halogens is 1. The first-order valence-corrected chi connectivity index (χ1v) is 6.69. The van der Waals surface area contributed by atoms with Gasteiger partial charge in [0.05, 0.1) is 23.0 Å². The standard InChI is InChI=1S/C11H11FN4O2S/c12-8-5-10(7-14-6-8)16-19(17,18)11-3-1-9(15-13)2-4-11/h1-7,15-16H,13H2. The molecular formula is C11H11FN4O2S. The third-order valence-electron chi connectivity index (χ3n) is 2.29. The number of sulfonamides is 1. The lowest BCUT2D eigenvalue weighted by molar-refractivity contribution is 0.601. The van der Waals surface area contributed by atoms with Crippen molar-refractivity contribution in [1.29, 1.82) is 0 Å².